The number of nitrogens with zero attached hydrogens (tertiary/aromatic N) is 1. The summed E-state index contributed by atoms with van der Waals surface area (Å²) in [6.07, 6.45) is 1.18. The Bertz CT molecular complexity index is 1120. The standard InChI is InChI=1S/C29H33ClN2O3/c1-4-22(3)31-29(34)26(18-23-12-6-5-7-13-23)32(19-24-14-10-15-25(30)17-24)28(33)20-35-27-16-9-8-11-21(27)2/h5-17,22,26H,4,18-20H2,1-3H3,(H,31,34)/t22-,26-/m1/s1. The van der Waals surface area contributed by atoms with Crippen molar-refractivity contribution in [3.63, 3.8) is 0 Å². The lowest BCUT2D eigenvalue weighted by Crippen LogP contribution is -2.53. The van der Waals surface area contributed by atoms with E-state index in [4.69, 9.17) is 16.3 Å². The summed E-state index contributed by atoms with van der Waals surface area (Å²) in [6, 6.07) is 23.9. The van der Waals surface area contributed by atoms with Crippen molar-refractivity contribution in [3.8, 4) is 5.75 Å². The molecule has 35 heavy (non-hydrogen) atoms. The molecular weight excluding hydrogens is 460 g/mol. The molecule has 2 atom stereocenters. The molecule has 0 aliphatic rings. The summed E-state index contributed by atoms with van der Waals surface area (Å²) in [4.78, 5) is 28.7. The molecule has 2 amide bonds. The van der Waals surface area contributed by atoms with Gasteiger partial charge in [0.15, 0.2) is 6.61 Å². The van der Waals surface area contributed by atoms with E-state index in [9.17, 15) is 9.59 Å². The average Bonchev–Trinajstić information content (AvgIpc) is 2.86. The molecule has 0 saturated heterocycles. The largest absolute Gasteiger partial charge is 0.484 e. The smallest absolute Gasteiger partial charge is 0.261 e. The van der Waals surface area contributed by atoms with Crippen molar-refractivity contribution in [2.45, 2.75) is 52.2 Å². The lowest BCUT2D eigenvalue weighted by molar-refractivity contribution is -0.143. The van der Waals surface area contributed by atoms with E-state index < -0.39 is 6.04 Å². The Morgan fingerprint density at radius 3 is 2.34 bits per heavy atom. The second-order valence-corrected chi connectivity index (χ2v) is 9.17. The first-order valence-electron chi connectivity index (χ1n) is 11.9. The first-order valence-corrected chi connectivity index (χ1v) is 12.3. The second kappa shape index (κ2) is 13.0. The molecule has 0 bridgehead atoms. The first kappa shape index (κ1) is 26.3. The van der Waals surface area contributed by atoms with Crippen molar-refractivity contribution in [2.24, 2.45) is 0 Å². The zero-order chi connectivity index (χ0) is 25.2. The van der Waals surface area contributed by atoms with Gasteiger partial charge in [0.25, 0.3) is 5.91 Å². The van der Waals surface area contributed by atoms with E-state index in [0.717, 1.165) is 23.1 Å². The van der Waals surface area contributed by atoms with Gasteiger partial charge in [0.1, 0.15) is 11.8 Å². The summed E-state index contributed by atoms with van der Waals surface area (Å²) in [5, 5.41) is 3.64. The van der Waals surface area contributed by atoms with Crippen molar-refractivity contribution in [3.05, 3.63) is 101 Å². The molecular formula is C29H33ClN2O3. The van der Waals surface area contributed by atoms with Gasteiger partial charge in [-0.2, -0.15) is 0 Å². The number of benzene rings is 3. The van der Waals surface area contributed by atoms with Gasteiger partial charge >= 0.3 is 0 Å². The first-order chi connectivity index (χ1) is 16.9. The summed E-state index contributed by atoms with van der Waals surface area (Å²) in [6.45, 7) is 5.97. The number of amides is 2. The molecule has 0 spiro atoms. The lowest BCUT2D eigenvalue weighted by Gasteiger charge is -2.32. The monoisotopic (exact) mass is 492 g/mol. The zero-order valence-electron chi connectivity index (χ0n) is 20.5. The molecule has 184 valence electrons. The van der Waals surface area contributed by atoms with Crippen LogP contribution in [0.1, 0.15) is 37.0 Å². The van der Waals surface area contributed by atoms with E-state index in [1.807, 2.05) is 93.6 Å². The van der Waals surface area contributed by atoms with Crippen LogP contribution in [-0.4, -0.2) is 35.4 Å². The maximum atomic E-state index is 13.6. The van der Waals surface area contributed by atoms with Crippen LogP contribution < -0.4 is 10.1 Å². The van der Waals surface area contributed by atoms with E-state index in [1.54, 1.807) is 11.0 Å². The van der Waals surface area contributed by atoms with E-state index >= 15 is 0 Å². The number of halogens is 1. The van der Waals surface area contributed by atoms with Gasteiger partial charge in [-0.1, -0.05) is 79.2 Å². The van der Waals surface area contributed by atoms with Crippen molar-refractivity contribution in [1.29, 1.82) is 0 Å². The summed E-state index contributed by atoms with van der Waals surface area (Å²) in [7, 11) is 0. The predicted molar refractivity (Wildman–Crippen MR) is 141 cm³/mol. The van der Waals surface area contributed by atoms with Crippen LogP contribution in [0.25, 0.3) is 0 Å². The molecule has 3 rings (SSSR count). The molecule has 0 fully saturated rings. The molecule has 0 heterocycles. The Balaban J connectivity index is 1.92. The van der Waals surface area contributed by atoms with Crippen LogP contribution in [0.2, 0.25) is 5.02 Å². The van der Waals surface area contributed by atoms with Gasteiger partial charge < -0.3 is 15.0 Å². The Labute approximate surface area is 213 Å². The lowest BCUT2D eigenvalue weighted by atomic mass is 10.0. The number of rotatable bonds is 11. The van der Waals surface area contributed by atoms with Crippen LogP contribution in [-0.2, 0) is 22.6 Å². The highest BCUT2D eigenvalue weighted by Gasteiger charge is 2.31. The SMILES string of the molecule is CC[C@@H](C)NC(=O)[C@@H](Cc1ccccc1)N(Cc1cccc(Cl)c1)C(=O)COc1ccccc1C. The minimum absolute atomic E-state index is 0.00730. The minimum Gasteiger partial charge on any atom is -0.484 e. The summed E-state index contributed by atoms with van der Waals surface area (Å²) < 4.78 is 5.87. The van der Waals surface area contributed by atoms with E-state index in [2.05, 4.69) is 5.32 Å². The molecule has 0 aliphatic heterocycles. The van der Waals surface area contributed by atoms with Crippen LogP contribution in [0.3, 0.4) is 0 Å². The summed E-state index contributed by atoms with van der Waals surface area (Å²) in [5.74, 6) is 0.190. The number of para-hydroxylation sites is 1. The van der Waals surface area contributed by atoms with Crippen LogP contribution >= 0.6 is 11.6 Å². The molecule has 0 radical (unpaired) electrons. The molecule has 0 aliphatic carbocycles. The Morgan fingerprint density at radius 1 is 0.971 bits per heavy atom. The molecule has 3 aromatic rings. The average molecular weight is 493 g/mol. The second-order valence-electron chi connectivity index (χ2n) is 8.73. The van der Waals surface area contributed by atoms with Crippen molar-refractivity contribution in [1.82, 2.24) is 10.2 Å². The van der Waals surface area contributed by atoms with Gasteiger partial charge in [0, 0.05) is 24.0 Å². The van der Waals surface area contributed by atoms with Crippen LogP contribution in [0.15, 0.2) is 78.9 Å². The van der Waals surface area contributed by atoms with Crippen molar-refractivity contribution < 1.29 is 14.3 Å². The molecule has 5 nitrogen and oxygen atoms in total. The number of nitrogens with one attached hydrogen (secondary N) is 1. The maximum Gasteiger partial charge on any atom is 0.261 e. The Hall–Kier alpha value is -3.31. The maximum absolute atomic E-state index is 13.6. The van der Waals surface area contributed by atoms with Crippen molar-refractivity contribution in [2.75, 3.05) is 6.61 Å². The minimum atomic E-state index is -0.710. The van der Waals surface area contributed by atoms with Crippen LogP contribution in [0.5, 0.6) is 5.75 Å². The van der Waals surface area contributed by atoms with E-state index in [1.165, 1.54) is 0 Å². The van der Waals surface area contributed by atoms with Gasteiger partial charge in [0.05, 0.1) is 0 Å². The fourth-order valence-electron chi connectivity index (χ4n) is 3.77. The number of carbonyl (C=O) groups is 2. The van der Waals surface area contributed by atoms with Gasteiger partial charge in [0.2, 0.25) is 5.91 Å². The molecule has 0 unspecified atom stereocenters. The highest BCUT2D eigenvalue weighted by atomic mass is 35.5. The third kappa shape index (κ3) is 7.86. The van der Waals surface area contributed by atoms with Crippen molar-refractivity contribution >= 4 is 23.4 Å². The van der Waals surface area contributed by atoms with Gasteiger partial charge in [-0.05, 0) is 55.2 Å². The van der Waals surface area contributed by atoms with Crippen LogP contribution in [0.4, 0.5) is 0 Å². The molecule has 3 aromatic carbocycles. The van der Waals surface area contributed by atoms with Gasteiger partial charge in [-0.3, -0.25) is 9.59 Å². The number of hydrogen-bond donors (Lipinski definition) is 1. The van der Waals surface area contributed by atoms with E-state index in [0.29, 0.717) is 17.2 Å². The highest BCUT2D eigenvalue weighted by molar-refractivity contribution is 6.30. The quantitative estimate of drug-likeness (QED) is 0.380. The van der Waals surface area contributed by atoms with Crippen LogP contribution in [0, 0.1) is 6.92 Å². The fourth-order valence-corrected chi connectivity index (χ4v) is 3.98. The van der Waals surface area contributed by atoms with Gasteiger partial charge in [-0.15, -0.1) is 0 Å². The van der Waals surface area contributed by atoms with Gasteiger partial charge in [-0.25, -0.2) is 0 Å². The molecule has 0 saturated carbocycles. The molecule has 6 heteroatoms. The molecule has 1 N–H and O–H groups in total. The zero-order valence-corrected chi connectivity index (χ0v) is 21.3. The summed E-state index contributed by atoms with van der Waals surface area (Å²) >= 11 is 6.22. The summed E-state index contributed by atoms with van der Waals surface area (Å²) in [5.41, 5.74) is 2.76. The number of hydrogen-bond acceptors (Lipinski definition) is 3. The van der Waals surface area contributed by atoms with E-state index in [-0.39, 0.29) is 31.0 Å². The Kier molecular flexibility index (Phi) is 9.74. The number of ether oxygens (including phenoxy) is 1. The normalized spacial score (nSPS) is 12.5. The Morgan fingerprint density at radius 2 is 1.66 bits per heavy atom. The highest BCUT2D eigenvalue weighted by Crippen LogP contribution is 2.20. The fraction of sp³-hybridized carbons (Fsp3) is 0.310. The number of carbonyl (C=O) groups excluding carboxylic acids is 2. The molecule has 0 aromatic heterocycles. The third-order valence-corrected chi connectivity index (χ3v) is 6.19. The topological polar surface area (TPSA) is 58.6 Å². The third-order valence-electron chi connectivity index (χ3n) is 5.96. The predicted octanol–water partition coefficient (Wildman–Crippen LogP) is 5.58. The number of aryl methyl sites for hydroxylation is 1.